The molecule has 1 N–H and O–H groups in total. The second kappa shape index (κ2) is 9.18. The summed E-state index contributed by atoms with van der Waals surface area (Å²) in [5, 5.41) is 3.82. The summed E-state index contributed by atoms with van der Waals surface area (Å²) in [6.07, 6.45) is -0.168. The first-order valence-corrected chi connectivity index (χ1v) is 10.6. The Bertz CT molecular complexity index is 993. The number of carbonyl (C=O) groups excluding carboxylic acids is 2. The molecule has 5 nitrogen and oxygen atoms in total. The average Bonchev–Trinajstić information content (AvgIpc) is 3.10. The molecule has 1 amide bonds. The van der Waals surface area contributed by atoms with Crippen molar-refractivity contribution >= 4 is 39.1 Å². The van der Waals surface area contributed by atoms with E-state index in [1.54, 1.807) is 18.3 Å². The summed E-state index contributed by atoms with van der Waals surface area (Å²) in [5.41, 5.74) is 3.78. The van der Waals surface area contributed by atoms with E-state index in [1.807, 2.05) is 49.4 Å². The Morgan fingerprint density at radius 3 is 2.59 bits per heavy atom. The molecule has 0 aliphatic heterocycles. The van der Waals surface area contributed by atoms with Crippen LogP contribution in [0.15, 0.2) is 42.5 Å². The van der Waals surface area contributed by atoms with Gasteiger partial charge in [0.1, 0.15) is 0 Å². The number of aryl methyl sites for hydroxylation is 2. The Balaban J connectivity index is 1.56. The molecule has 0 saturated carbocycles. The first kappa shape index (κ1) is 21.0. The van der Waals surface area contributed by atoms with Gasteiger partial charge >= 0.3 is 5.97 Å². The van der Waals surface area contributed by atoms with Crippen LogP contribution in [-0.4, -0.2) is 23.0 Å². The third kappa shape index (κ3) is 5.21. The Hall–Kier alpha value is -2.73. The van der Waals surface area contributed by atoms with E-state index in [0.717, 1.165) is 32.0 Å². The number of hydrogen-bond donors (Lipinski definition) is 1. The highest BCUT2D eigenvalue weighted by molar-refractivity contribution is 7.18. The van der Waals surface area contributed by atoms with Gasteiger partial charge in [-0.1, -0.05) is 44.2 Å². The number of rotatable bonds is 7. The molecule has 6 heteroatoms. The molecule has 2 aromatic carbocycles. The van der Waals surface area contributed by atoms with Crippen LogP contribution < -0.4 is 5.32 Å². The van der Waals surface area contributed by atoms with E-state index in [0.29, 0.717) is 6.42 Å². The Labute approximate surface area is 175 Å². The van der Waals surface area contributed by atoms with Crippen molar-refractivity contribution in [1.29, 1.82) is 0 Å². The second-order valence-corrected chi connectivity index (χ2v) is 8.51. The zero-order valence-corrected chi connectivity index (χ0v) is 18.0. The molecule has 3 aromatic rings. The molecule has 1 aromatic heterocycles. The zero-order chi connectivity index (χ0) is 21.0. The van der Waals surface area contributed by atoms with Crippen molar-refractivity contribution in [3.05, 3.63) is 58.6 Å². The summed E-state index contributed by atoms with van der Waals surface area (Å²) in [6.45, 7) is 7.71. The van der Waals surface area contributed by atoms with Gasteiger partial charge in [-0.25, -0.2) is 4.98 Å². The van der Waals surface area contributed by atoms with E-state index in [-0.39, 0.29) is 18.2 Å². The lowest BCUT2D eigenvalue weighted by Gasteiger charge is -2.19. The second-order valence-electron chi connectivity index (χ2n) is 7.39. The van der Waals surface area contributed by atoms with Crippen LogP contribution in [0, 0.1) is 6.92 Å². The maximum absolute atomic E-state index is 12.6. The van der Waals surface area contributed by atoms with E-state index in [2.05, 4.69) is 24.1 Å². The highest BCUT2D eigenvalue weighted by Crippen LogP contribution is 2.27. The van der Waals surface area contributed by atoms with Gasteiger partial charge in [-0.05, 0) is 43.0 Å². The lowest BCUT2D eigenvalue weighted by Crippen LogP contribution is -2.30. The van der Waals surface area contributed by atoms with E-state index < -0.39 is 12.1 Å². The van der Waals surface area contributed by atoms with Gasteiger partial charge in [0.2, 0.25) is 0 Å². The number of anilines is 1. The normalized spacial score (nSPS) is 12.2. The third-order valence-electron chi connectivity index (χ3n) is 4.73. The molecule has 1 atom stereocenters. The quantitative estimate of drug-likeness (QED) is 0.542. The van der Waals surface area contributed by atoms with Crippen LogP contribution in [-0.2, 0) is 20.7 Å². The Kier molecular flexibility index (Phi) is 6.64. The van der Waals surface area contributed by atoms with Crippen LogP contribution in [0.3, 0.4) is 0 Å². The van der Waals surface area contributed by atoms with Crippen LogP contribution in [0.25, 0.3) is 10.2 Å². The summed E-state index contributed by atoms with van der Waals surface area (Å²) in [4.78, 5) is 29.3. The molecule has 0 saturated heterocycles. The summed E-state index contributed by atoms with van der Waals surface area (Å²) in [6, 6.07) is 13.8. The fraction of sp³-hybridized carbons (Fsp3) is 0.348. The fourth-order valence-corrected chi connectivity index (χ4v) is 4.08. The number of hydrogen-bond acceptors (Lipinski definition) is 5. The standard InChI is InChI=1S/C23H26N2O3S/c1-14(2)17-9-7-8-15(3)22(17)25-23(27)16(4)28-21(26)13-12-20-24-18-10-5-6-11-19(18)29-20/h5-11,14,16H,12-13H2,1-4H3,(H,25,27)/t16-/m0/s1. The Morgan fingerprint density at radius 1 is 1.10 bits per heavy atom. The summed E-state index contributed by atoms with van der Waals surface area (Å²) < 4.78 is 6.45. The monoisotopic (exact) mass is 410 g/mol. The van der Waals surface area contributed by atoms with Crippen LogP contribution in [0.1, 0.15) is 49.2 Å². The van der Waals surface area contributed by atoms with Crippen molar-refractivity contribution in [3.63, 3.8) is 0 Å². The molecule has 1 heterocycles. The van der Waals surface area contributed by atoms with Crippen LogP contribution in [0.2, 0.25) is 0 Å². The van der Waals surface area contributed by atoms with Gasteiger partial charge in [0.05, 0.1) is 21.6 Å². The summed E-state index contributed by atoms with van der Waals surface area (Å²) >= 11 is 1.57. The van der Waals surface area contributed by atoms with Gasteiger partial charge in [0.25, 0.3) is 5.91 Å². The predicted molar refractivity (Wildman–Crippen MR) is 117 cm³/mol. The first-order valence-electron chi connectivity index (χ1n) is 9.79. The molecule has 152 valence electrons. The molecule has 0 aliphatic carbocycles. The highest BCUT2D eigenvalue weighted by Gasteiger charge is 2.20. The molecule has 0 aliphatic rings. The van der Waals surface area contributed by atoms with Gasteiger partial charge in [0, 0.05) is 12.1 Å². The number of benzene rings is 2. The smallest absolute Gasteiger partial charge is 0.306 e. The van der Waals surface area contributed by atoms with Crippen molar-refractivity contribution in [2.24, 2.45) is 0 Å². The van der Waals surface area contributed by atoms with Crippen molar-refractivity contribution in [3.8, 4) is 0 Å². The van der Waals surface area contributed by atoms with Gasteiger partial charge in [-0.2, -0.15) is 0 Å². The Morgan fingerprint density at radius 2 is 1.86 bits per heavy atom. The number of nitrogens with one attached hydrogen (secondary N) is 1. The average molecular weight is 411 g/mol. The topological polar surface area (TPSA) is 68.3 Å². The van der Waals surface area contributed by atoms with E-state index in [4.69, 9.17) is 4.74 Å². The number of esters is 1. The minimum Gasteiger partial charge on any atom is -0.453 e. The zero-order valence-electron chi connectivity index (χ0n) is 17.2. The molecule has 0 fully saturated rings. The van der Waals surface area contributed by atoms with Crippen molar-refractivity contribution in [2.75, 3.05) is 5.32 Å². The van der Waals surface area contributed by atoms with E-state index in [9.17, 15) is 9.59 Å². The molecule has 0 spiro atoms. The number of para-hydroxylation sites is 2. The first-order chi connectivity index (χ1) is 13.8. The summed E-state index contributed by atoms with van der Waals surface area (Å²) in [7, 11) is 0. The number of thiazole rings is 1. The van der Waals surface area contributed by atoms with Crippen LogP contribution in [0.5, 0.6) is 0 Å². The molecular formula is C23H26N2O3S. The van der Waals surface area contributed by atoms with Gasteiger partial charge in [-0.3, -0.25) is 9.59 Å². The molecule has 0 radical (unpaired) electrons. The number of fused-ring (bicyclic) bond motifs is 1. The van der Waals surface area contributed by atoms with Crippen molar-refractivity contribution in [2.45, 2.75) is 52.6 Å². The van der Waals surface area contributed by atoms with E-state index >= 15 is 0 Å². The SMILES string of the molecule is Cc1cccc(C(C)C)c1NC(=O)[C@H](C)OC(=O)CCc1nc2ccccc2s1. The van der Waals surface area contributed by atoms with Crippen LogP contribution in [0.4, 0.5) is 5.69 Å². The number of carbonyl (C=O) groups is 2. The van der Waals surface area contributed by atoms with E-state index in [1.165, 1.54) is 0 Å². The minimum atomic E-state index is -0.863. The maximum Gasteiger partial charge on any atom is 0.306 e. The van der Waals surface area contributed by atoms with Gasteiger partial charge < -0.3 is 10.1 Å². The fourth-order valence-electron chi connectivity index (χ4n) is 3.11. The highest BCUT2D eigenvalue weighted by atomic mass is 32.1. The number of nitrogens with zero attached hydrogens (tertiary/aromatic N) is 1. The number of ether oxygens (including phenoxy) is 1. The number of amides is 1. The molecule has 3 rings (SSSR count). The van der Waals surface area contributed by atoms with Crippen molar-refractivity contribution < 1.29 is 14.3 Å². The molecular weight excluding hydrogens is 384 g/mol. The molecule has 0 bridgehead atoms. The molecule has 0 unspecified atom stereocenters. The van der Waals surface area contributed by atoms with Gasteiger partial charge in [-0.15, -0.1) is 11.3 Å². The molecule has 29 heavy (non-hydrogen) atoms. The number of aromatic nitrogens is 1. The maximum atomic E-state index is 12.6. The van der Waals surface area contributed by atoms with Crippen molar-refractivity contribution in [1.82, 2.24) is 4.98 Å². The lowest BCUT2D eigenvalue weighted by atomic mass is 9.98. The third-order valence-corrected chi connectivity index (χ3v) is 5.83. The summed E-state index contributed by atoms with van der Waals surface area (Å²) in [5.74, 6) is -0.452. The lowest BCUT2D eigenvalue weighted by molar-refractivity contribution is -0.153. The predicted octanol–water partition coefficient (Wildman–Crippen LogP) is 5.23. The largest absolute Gasteiger partial charge is 0.453 e. The van der Waals surface area contributed by atoms with Gasteiger partial charge in [0.15, 0.2) is 6.10 Å². The van der Waals surface area contributed by atoms with Crippen LogP contribution >= 0.6 is 11.3 Å². The minimum absolute atomic E-state index is 0.194.